The molecule has 0 saturated heterocycles. The molecule has 1 aromatic heterocycles. The Morgan fingerprint density at radius 2 is 2.00 bits per heavy atom. The van der Waals surface area contributed by atoms with Crippen molar-refractivity contribution in [3.63, 3.8) is 0 Å². The Hall–Kier alpha value is -1.55. The highest BCUT2D eigenvalue weighted by atomic mass is 79.9. The second kappa shape index (κ2) is 4.75. The molecule has 2 N–H and O–H groups in total. The lowest BCUT2D eigenvalue weighted by molar-refractivity contribution is 0.477. The van der Waals surface area contributed by atoms with Crippen molar-refractivity contribution in [3.05, 3.63) is 46.2 Å². The number of aryl methyl sites for hydroxylation is 1. The molecular formula is C13H13BrN2O. The summed E-state index contributed by atoms with van der Waals surface area (Å²) >= 11 is 3.38. The van der Waals surface area contributed by atoms with Crippen LogP contribution in [0.1, 0.15) is 11.1 Å². The Bertz CT molecular complexity index is 535. The number of nitrogens with zero attached hydrogens (tertiary/aromatic N) is 1. The summed E-state index contributed by atoms with van der Waals surface area (Å²) in [7, 11) is 0. The third-order valence-corrected chi connectivity index (χ3v) is 3.21. The summed E-state index contributed by atoms with van der Waals surface area (Å²) in [5.41, 5.74) is 8.65. The van der Waals surface area contributed by atoms with Crippen LogP contribution in [0.4, 0.5) is 5.69 Å². The molecule has 2 aromatic rings. The minimum Gasteiger partial charge on any atom is -0.454 e. The lowest BCUT2D eigenvalue weighted by Crippen LogP contribution is -1.96. The van der Waals surface area contributed by atoms with Crippen LogP contribution in [0.5, 0.6) is 11.5 Å². The summed E-state index contributed by atoms with van der Waals surface area (Å²) in [6.45, 7) is 4.07. The number of benzene rings is 1. The van der Waals surface area contributed by atoms with E-state index in [0.717, 1.165) is 15.8 Å². The highest BCUT2D eigenvalue weighted by Crippen LogP contribution is 2.35. The minimum absolute atomic E-state index is 0.514. The number of halogens is 1. The Morgan fingerprint density at radius 1 is 1.24 bits per heavy atom. The van der Waals surface area contributed by atoms with Crippen molar-refractivity contribution in [1.82, 2.24) is 4.98 Å². The second-order valence-electron chi connectivity index (χ2n) is 3.84. The van der Waals surface area contributed by atoms with E-state index in [2.05, 4.69) is 20.9 Å². The molecule has 0 fully saturated rings. The third kappa shape index (κ3) is 2.42. The molecule has 0 saturated carbocycles. The predicted octanol–water partition coefficient (Wildman–Crippen LogP) is 3.84. The van der Waals surface area contributed by atoms with E-state index in [1.54, 1.807) is 12.4 Å². The molecule has 2 rings (SSSR count). The van der Waals surface area contributed by atoms with Gasteiger partial charge in [0.25, 0.3) is 0 Å². The molecule has 1 heterocycles. The number of nitrogen functional groups attached to an aromatic ring is 1. The normalized spacial score (nSPS) is 10.3. The van der Waals surface area contributed by atoms with Gasteiger partial charge in [-0.15, -0.1) is 0 Å². The molecule has 0 radical (unpaired) electrons. The van der Waals surface area contributed by atoms with Crippen molar-refractivity contribution in [3.8, 4) is 11.5 Å². The fraction of sp³-hybridized carbons (Fsp3) is 0.154. The summed E-state index contributed by atoms with van der Waals surface area (Å²) in [6.07, 6.45) is 3.24. The predicted molar refractivity (Wildman–Crippen MR) is 72.3 cm³/mol. The van der Waals surface area contributed by atoms with Crippen molar-refractivity contribution < 1.29 is 4.74 Å². The van der Waals surface area contributed by atoms with Crippen molar-refractivity contribution in [2.45, 2.75) is 13.8 Å². The van der Waals surface area contributed by atoms with E-state index >= 15 is 0 Å². The first-order valence-corrected chi connectivity index (χ1v) is 6.02. The van der Waals surface area contributed by atoms with Gasteiger partial charge in [-0.05, 0) is 47.0 Å². The Labute approximate surface area is 109 Å². The Morgan fingerprint density at radius 3 is 2.71 bits per heavy atom. The van der Waals surface area contributed by atoms with E-state index in [4.69, 9.17) is 10.5 Å². The van der Waals surface area contributed by atoms with Gasteiger partial charge in [0.05, 0.1) is 16.4 Å². The molecule has 1 aromatic carbocycles. The first-order chi connectivity index (χ1) is 8.09. The molecule has 0 aliphatic carbocycles. The van der Waals surface area contributed by atoms with Gasteiger partial charge in [-0.2, -0.15) is 0 Å². The van der Waals surface area contributed by atoms with E-state index in [1.165, 1.54) is 5.56 Å². The quantitative estimate of drug-likeness (QED) is 0.915. The van der Waals surface area contributed by atoms with E-state index in [1.807, 2.05) is 32.0 Å². The van der Waals surface area contributed by atoms with Gasteiger partial charge in [0.1, 0.15) is 5.75 Å². The number of anilines is 1. The van der Waals surface area contributed by atoms with Crippen LogP contribution in [-0.4, -0.2) is 4.98 Å². The zero-order valence-electron chi connectivity index (χ0n) is 9.70. The topological polar surface area (TPSA) is 48.1 Å². The number of rotatable bonds is 2. The molecule has 0 aliphatic heterocycles. The maximum atomic E-state index is 5.84. The van der Waals surface area contributed by atoms with Crippen LogP contribution in [0, 0.1) is 13.8 Å². The number of hydrogen-bond donors (Lipinski definition) is 1. The van der Waals surface area contributed by atoms with E-state index < -0.39 is 0 Å². The maximum absolute atomic E-state index is 5.84. The van der Waals surface area contributed by atoms with Crippen LogP contribution in [0.3, 0.4) is 0 Å². The summed E-state index contributed by atoms with van der Waals surface area (Å²) in [6, 6.07) is 5.94. The van der Waals surface area contributed by atoms with Crippen molar-refractivity contribution >= 4 is 21.6 Å². The Balaban J connectivity index is 2.42. The largest absolute Gasteiger partial charge is 0.454 e. The van der Waals surface area contributed by atoms with Crippen molar-refractivity contribution in [2.24, 2.45) is 0 Å². The average molecular weight is 293 g/mol. The molecule has 0 spiro atoms. The summed E-state index contributed by atoms with van der Waals surface area (Å²) in [4.78, 5) is 3.97. The lowest BCUT2D eigenvalue weighted by atomic mass is 10.1. The SMILES string of the molecule is Cc1cccc(Oc2c(N)cncc2Br)c1C. The molecule has 17 heavy (non-hydrogen) atoms. The summed E-state index contributed by atoms with van der Waals surface area (Å²) in [5, 5.41) is 0. The molecule has 0 unspecified atom stereocenters. The number of pyridine rings is 1. The number of ether oxygens (including phenoxy) is 1. The molecule has 4 heteroatoms. The van der Waals surface area contributed by atoms with Gasteiger partial charge in [0, 0.05) is 6.20 Å². The fourth-order valence-electron chi connectivity index (χ4n) is 1.49. The van der Waals surface area contributed by atoms with E-state index in [-0.39, 0.29) is 0 Å². The summed E-state index contributed by atoms with van der Waals surface area (Å²) < 4.78 is 6.59. The first-order valence-electron chi connectivity index (χ1n) is 5.22. The fourth-order valence-corrected chi connectivity index (χ4v) is 1.92. The minimum atomic E-state index is 0.514. The van der Waals surface area contributed by atoms with Crippen LogP contribution < -0.4 is 10.5 Å². The first kappa shape index (κ1) is 11.9. The van der Waals surface area contributed by atoms with Gasteiger partial charge in [0.15, 0.2) is 5.75 Å². The lowest BCUT2D eigenvalue weighted by Gasteiger charge is -2.13. The van der Waals surface area contributed by atoms with Crippen LogP contribution in [0.15, 0.2) is 35.1 Å². The van der Waals surface area contributed by atoms with Crippen LogP contribution in [0.2, 0.25) is 0 Å². The summed E-state index contributed by atoms with van der Waals surface area (Å²) in [5.74, 6) is 1.41. The molecule has 88 valence electrons. The standard InChI is InChI=1S/C13H13BrN2O/c1-8-4-3-5-12(9(8)2)17-13-10(14)6-16-7-11(13)15/h3-7H,15H2,1-2H3. The number of aromatic nitrogens is 1. The monoisotopic (exact) mass is 292 g/mol. The second-order valence-corrected chi connectivity index (χ2v) is 4.69. The van der Waals surface area contributed by atoms with Gasteiger partial charge >= 0.3 is 0 Å². The molecule has 0 bridgehead atoms. The van der Waals surface area contributed by atoms with Crippen LogP contribution >= 0.6 is 15.9 Å². The average Bonchev–Trinajstić information content (AvgIpc) is 2.29. The van der Waals surface area contributed by atoms with Gasteiger partial charge in [-0.1, -0.05) is 12.1 Å². The van der Waals surface area contributed by atoms with E-state index in [0.29, 0.717) is 11.4 Å². The van der Waals surface area contributed by atoms with Gasteiger partial charge < -0.3 is 10.5 Å². The molecule has 0 aliphatic rings. The highest BCUT2D eigenvalue weighted by Gasteiger charge is 2.09. The number of hydrogen-bond acceptors (Lipinski definition) is 3. The zero-order valence-corrected chi connectivity index (χ0v) is 11.3. The van der Waals surface area contributed by atoms with Gasteiger partial charge in [-0.25, -0.2) is 0 Å². The third-order valence-electron chi connectivity index (χ3n) is 2.65. The van der Waals surface area contributed by atoms with Crippen LogP contribution in [0.25, 0.3) is 0 Å². The van der Waals surface area contributed by atoms with Gasteiger partial charge in [0.2, 0.25) is 0 Å². The highest BCUT2D eigenvalue weighted by molar-refractivity contribution is 9.10. The number of nitrogens with two attached hydrogens (primary N) is 1. The maximum Gasteiger partial charge on any atom is 0.167 e. The van der Waals surface area contributed by atoms with Crippen molar-refractivity contribution in [2.75, 3.05) is 5.73 Å². The van der Waals surface area contributed by atoms with Crippen LogP contribution in [-0.2, 0) is 0 Å². The Kier molecular flexibility index (Phi) is 3.33. The molecule has 0 atom stereocenters. The smallest absolute Gasteiger partial charge is 0.167 e. The molecule has 3 nitrogen and oxygen atoms in total. The van der Waals surface area contributed by atoms with Gasteiger partial charge in [-0.3, -0.25) is 4.98 Å². The zero-order chi connectivity index (χ0) is 12.4. The molecule has 0 amide bonds. The molecular weight excluding hydrogens is 280 g/mol. The van der Waals surface area contributed by atoms with Crippen molar-refractivity contribution in [1.29, 1.82) is 0 Å². The van der Waals surface area contributed by atoms with E-state index in [9.17, 15) is 0 Å².